The number of aryl methyl sites for hydroxylation is 1. The predicted molar refractivity (Wildman–Crippen MR) is 115 cm³/mol. The van der Waals surface area contributed by atoms with Crippen LogP contribution in [0.2, 0.25) is 0 Å². The molecule has 3 aromatic heterocycles. The van der Waals surface area contributed by atoms with E-state index in [4.69, 9.17) is 4.52 Å². The van der Waals surface area contributed by atoms with Gasteiger partial charge in [0, 0.05) is 29.3 Å². The second kappa shape index (κ2) is 7.59. The quantitative estimate of drug-likeness (QED) is 0.532. The van der Waals surface area contributed by atoms with Crippen LogP contribution in [0, 0.1) is 6.92 Å². The number of hydrogen-bond donors (Lipinski definition) is 1. The highest BCUT2D eigenvalue weighted by atomic mass is 16.5. The van der Waals surface area contributed by atoms with E-state index in [1.807, 2.05) is 55.5 Å². The molecule has 152 valence electrons. The van der Waals surface area contributed by atoms with Crippen LogP contribution in [0.5, 0.6) is 0 Å². The van der Waals surface area contributed by atoms with Gasteiger partial charge in [-0.2, -0.15) is 9.78 Å². The van der Waals surface area contributed by atoms with Crippen molar-refractivity contribution in [1.29, 1.82) is 0 Å². The fourth-order valence-corrected chi connectivity index (χ4v) is 2.91. The first-order valence-electron chi connectivity index (χ1n) is 9.68. The summed E-state index contributed by atoms with van der Waals surface area (Å²) in [5, 5.41) is 11.6. The maximum atomic E-state index is 12.8. The summed E-state index contributed by atoms with van der Waals surface area (Å²) in [6, 6.07) is 16.9. The minimum Gasteiger partial charge on any atom is -0.350 e. The lowest BCUT2D eigenvalue weighted by Crippen LogP contribution is -2.15. The Kier molecular flexibility index (Phi) is 4.95. The van der Waals surface area contributed by atoms with Crippen LogP contribution in [0.1, 0.15) is 42.6 Å². The first-order chi connectivity index (χ1) is 14.3. The summed E-state index contributed by atoms with van der Waals surface area (Å²) >= 11 is 0. The highest BCUT2D eigenvalue weighted by Crippen LogP contribution is 2.26. The molecule has 7 heteroatoms. The molecule has 1 N–H and O–H groups in total. The van der Waals surface area contributed by atoms with E-state index in [2.05, 4.69) is 41.3 Å². The molecule has 30 heavy (non-hydrogen) atoms. The fourth-order valence-electron chi connectivity index (χ4n) is 2.91. The summed E-state index contributed by atoms with van der Waals surface area (Å²) in [5.41, 5.74) is 3.29. The van der Waals surface area contributed by atoms with Crippen molar-refractivity contribution in [3.05, 3.63) is 77.8 Å². The maximum Gasteiger partial charge on any atom is 0.295 e. The lowest BCUT2D eigenvalue weighted by molar-refractivity contribution is 0.0987. The zero-order valence-corrected chi connectivity index (χ0v) is 17.4. The van der Waals surface area contributed by atoms with Crippen molar-refractivity contribution < 1.29 is 9.32 Å². The Bertz CT molecular complexity index is 1170. The number of carbonyl (C=O) groups excluding carboxylic acids is 1. The first-order valence-corrected chi connectivity index (χ1v) is 9.68. The summed E-state index contributed by atoms with van der Waals surface area (Å²) in [4.78, 5) is 17.2. The van der Waals surface area contributed by atoms with Gasteiger partial charge in [-0.05, 0) is 19.1 Å². The van der Waals surface area contributed by atoms with Crippen LogP contribution in [-0.4, -0.2) is 25.8 Å². The fraction of sp³-hybridized carbons (Fsp3) is 0.217. The minimum atomic E-state index is -0.404. The van der Waals surface area contributed by atoms with Gasteiger partial charge in [0.05, 0.1) is 5.69 Å². The molecular weight excluding hydrogens is 378 g/mol. The standard InChI is InChI=1S/C23H23N5O2/c1-15-8-10-16(11-9-15)17-13-18(30-27-17)22(29)25-21-14-19(23(2,3)4)26-28(21)20-7-5-6-12-24-20/h5-14H,1-4H3,(H,25,29). The van der Waals surface area contributed by atoms with Crippen LogP contribution < -0.4 is 5.32 Å². The van der Waals surface area contributed by atoms with Gasteiger partial charge in [-0.3, -0.25) is 4.79 Å². The molecule has 0 saturated heterocycles. The second-order valence-corrected chi connectivity index (χ2v) is 8.16. The molecule has 0 spiro atoms. The van der Waals surface area contributed by atoms with Gasteiger partial charge in [0.15, 0.2) is 5.82 Å². The lowest BCUT2D eigenvalue weighted by atomic mass is 9.92. The predicted octanol–water partition coefficient (Wildman–Crippen LogP) is 4.78. The third-order valence-corrected chi connectivity index (χ3v) is 4.67. The van der Waals surface area contributed by atoms with E-state index in [-0.39, 0.29) is 11.2 Å². The number of benzene rings is 1. The zero-order valence-electron chi connectivity index (χ0n) is 17.4. The molecule has 0 bridgehead atoms. The SMILES string of the molecule is Cc1ccc(-c2cc(C(=O)Nc3cc(C(C)(C)C)nn3-c3ccccn3)on2)cc1. The van der Waals surface area contributed by atoms with Gasteiger partial charge < -0.3 is 9.84 Å². The average Bonchev–Trinajstić information content (AvgIpc) is 3.37. The van der Waals surface area contributed by atoms with Crippen molar-refractivity contribution in [3.8, 4) is 17.1 Å². The van der Waals surface area contributed by atoms with Crippen molar-refractivity contribution in [2.75, 3.05) is 5.32 Å². The van der Waals surface area contributed by atoms with Crippen LogP contribution in [0.3, 0.4) is 0 Å². The third kappa shape index (κ3) is 4.00. The Morgan fingerprint density at radius 2 is 1.83 bits per heavy atom. The molecule has 0 fully saturated rings. The second-order valence-electron chi connectivity index (χ2n) is 8.16. The molecule has 3 heterocycles. The van der Waals surface area contributed by atoms with E-state index >= 15 is 0 Å². The Balaban J connectivity index is 1.63. The van der Waals surface area contributed by atoms with Crippen LogP contribution in [-0.2, 0) is 5.41 Å². The van der Waals surface area contributed by atoms with Crippen LogP contribution >= 0.6 is 0 Å². The van der Waals surface area contributed by atoms with E-state index in [9.17, 15) is 4.79 Å². The van der Waals surface area contributed by atoms with E-state index in [1.165, 1.54) is 0 Å². The Morgan fingerprint density at radius 3 is 2.50 bits per heavy atom. The monoisotopic (exact) mass is 401 g/mol. The number of nitrogens with one attached hydrogen (secondary N) is 1. The molecule has 0 aliphatic heterocycles. The van der Waals surface area contributed by atoms with Gasteiger partial charge in [-0.15, -0.1) is 0 Å². The molecule has 0 aliphatic rings. The topological polar surface area (TPSA) is 85.8 Å². The molecule has 0 aliphatic carbocycles. The highest BCUT2D eigenvalue weighted by molar-refractivity contribution is 6.02. The van der Waals surface area contributed by atoms with Crippen LogP contribution in [0.4, 0.5) is 5.82 Å². The highest BCUT2D eigenvalue weighted by Gasteiger charge is 2.23. The molecule has 1 aromatic carbocycles. The number of hydrogen-bond acceptors (Lipinski definition) is 5. The van der Waals surface area contributed by atoms with Crippen LogP contribution in [0.25, 0.3) is 17.1 Å². The van der Waals surface area contributed by atoms with E-state index in [0.717, 1.165) is 16.8 Å². The smallest absolute Gasteiger partial charge is 0.295 e. The Hall–Kier alpha value is -3.74. The van der Waals surface area contributed by atoms with Gasteiger partial charge in [0.25, 0.3) is 5.91 Å². The minimum absolute atomic E-state index is 0.122. The lowest BCUT2D eigenvalue weighted by Gasteiger charge is -2.13. The molecule has 0 radical (unpaired) electrons. The van der Waals surface area contributed by atoms with Gasteiger partial charge in [-0.1, -0.05) is 61.8 Å². The Labute approximate surface area is 174 Å². The van der Waals surface area contributed by atoms with E-state index in [1.54, 1.807) is 16.9 Å². The van der Waals surface area contributed by atoms with E-state index in [0.29, 0.717) is 17.3 Å². The zero-order chi connectivity index (χ0) is 21.3. The number of pyridine rings is 1. The number of amides is 1. The van der Waals surface area contributed by atoms with Crippen molar-refractivity contribution >= 4 is 11.7 Å². The van der Waals surface area contributed by atoms with Gasteiger partial charge >= 0.3 is 0 Å². The number of aromatic nitrogens is 4. The summed E-state index contributed by atoms with van der Waals surface area (Å²) in [6.45, 7) is 8.21. The van der Waals surface area contributed by atoms with Gasteiger partial charge in [0.1, 0.15) is 11.5 Å². The molecule has 4 aromatic rings. The van der Waals surface area contributed by atoms with Crippen molar-refractivity contribution in [2.45, 2.75) is 33.1 Å². The molecular formula is C23H23N5O2. The average molecular weight is 401 g/mol. The normalized spacial score (nSPS) is 11.5. The summed E-state index contributed by atoms with van der Waals surface area (Å²) in [6.07, 6.45) is 1.68. The molecule has 0 saturated carbocycles. The number of rotatable bonds is 4. The van der Waals surface area contributed by atoms with Gasteiger partial charge in [0.2, 0.25) is 5.76 Å². The molecule has 1 amide bonds. The number of carbonyl (C=O) groups is 1. The summed E-state index contributed by atoms with van der Waals surface area (Å²) in [7, 11) is 0. The van der Waals surface area contributed by atoms with Crippen LogP contribution in [0.15, 0.2) is 65.3 Å². The number of nitrogens with zero attached hydrogens (tertiary/aromatic N) is 4. The largest absolute Gasteiger partial charge is 0.350 e. The molecule has 4 rings (SSSR count). The third-order valence-electron chi connectivity index (χ3n) is 4.67. The van der Waals surface area contributed by atoms with Crippen molar-refractivity contribution in [1.82, 2.24) is 19.9 Å². The molecule has 7 nitrogen and oxygen atoms in total. The molecule has 0 atom stereocenters. The van der Waals surface area contributed by atoms with Crippen molar-refractivity contribution in [3.63, 3.8) is 0 Å². The summed E-state index contributed by atoms with van der Waals surface area (Å²) < 4.78 is 6.92. The molecule has 0 unspecified atom stereocenters. The van der Waals surface area contributed by atoms with Crippen molar-refractivity contribution in [2.24, 2.45) is 0 Å². The first kappa shape index (κ1) is 19.6. The summed E-state index contributed by atoms with van der Waals surface area (Å²) in [5.74, 6) is 0.841. The maximum absolute atomic E-state index is 12.8. The van der Waals surface area contributed by atoms with E-state index < -0.39 is 5.91 Å². The number of anilines is 1. The Morgan fingerprint density at radius 1 is 1.07 bits per heavy atom. The van der Waals surface area contributed by atoms with Gasteiger partial charge in [-0.25, -0.2) is 4.98 Å².